The topological polar surface area (TPSA) is 117 Å². The first-order valence-corrected chi connectivity index (χ1v) is 9.27. The Morgan fingerprint density at radius 3 is 2.54 bits per heavy atom. The second-order valence-corrected chi connectivity index (χ2v) is 6.64. The number of nitrogens with one attached hydrogen (secondary N) is 2. The molecule has 3 N–H and O–H groups in total. The van der Waals surface area contributed by atoms with Crippen molar-refractivity contribution in [2.75, 3.05) is 13.1 Å². The maximum atomic E-state index is 12.1. The zero-order chi connectivity index (χ0) is 19.9. The Hall–Kier alpha value is -3.20. The van der Waals surface area contributed by atoms with E-state index in [-0.39, 0.29) is 22.9 Å². The molecule has 0 aliphatic rings. The van der Waals surface area contributed by atoms with Crippen LogP contribution in [0.25, 0.3) is 11.3 Å². The summed E-state index contributed by atoms with van der Waals surface area (Å²) in [5.41, 5.74) is 1.15. The molecule has 0 radical (unpaired) electrons. The van der Waals surface area contributed by atoms with Gasteiger partial charge in [-0.3, -0.25) is 9.59 Å². The van der Waals surface area contributed by atoms with Gasteiger partial charge in [0.15, 0.2) is 11.5 Å². The molecule has 0 saturated carbocycles. The van der Waals surface area contributed by atoms with Crippen molar-refractivity contribution in [1.29, 1.82) is 0 Å². The molecule has 0 spiro atoms. The van der Waals surface area contributed by atoms with Gasteiger partial charge in [-0.1, -0.05) is 35.5 Å². The first kappa shape index (κ1) is 19.6. The third-order valence-electron chi connectivity index (χ3n) is 3.82. The molecule has 2 heterocycles. The molecule has 0 aliphatic heterocycles. The summed E-state index contributed by atoms with van der Waals surface area (Å²) in [6, 6.07) is 12.4. The zero-order valence-corrected chi connectivity index (χ0v) is 16.3. The molecule has 9 heteroatoms. The van der Waals surface area contributed by atoms with Crippen molar-refractivity contribution in [2.24, 2.45) is 0 Å². The predicted octanol–water partition coefficient (Wildman–Crippen LogP) is 2.75. The Labute approximate surface area is 169 Å². The Morgan fingerprint density at radius 1 is 1.07 bits per heavy atom. The van der Waals surface area contributed by atoms with Gasteiger partial charge in [0.25, 0.3) is 11.8 Å². The summed E-state index contributed by atoms with van der Waals surface area (Å²) in [4.78, 5) is 28.0. The van der Waals surface area contributed by atoms with Crippen molar-refractivity contribution in [2.45, 2.75) is 6.42 Å². The number of amides is 2. The molecule has 28 heavy (non-hydrogen) atoms. The average molecular weight is 445 g/mol. The molecule has 2 aromatic heterocycles. The van der Waals surface area contributed by atoms with E-state index < -0.39 is 5.91 Å². The first-order valence-electron chi connectivity index (χ1n) is 8.47. The molecule has 0 unspecified atom stereocenters. The summed E-state index contributed by atoms with van der Waals surface area (Å²) in [6.45, 7) is 0.672. The predicted molar refractivity (Wildman–Crippen MR) is 105 cm³/mol. The number of hydrogen-bond donors (Lipinski definition) is 3. The van der Waals surface area contributed by atoms with Crippen LogP contribution >= 0.6 is 15.9 Å². The molecule has 144 valence electrons. The normalized spacial score (nSPS) is 10.5. The van der Waals surface area contributed by atoms with Crippen molar-refractivity contribution >= 4 is 27.7 Å². The van der Waals surface area contributed by atoms with Gasteiger partial charge in [-0.15, -0.1) is 0 Å². The number of hydrogen-bond acceptors (Lipinski definition) is 6. The lowest BCUT2D eigenvalue weighted by atomic mass is 10.1. The fourth-order valence-electron chi connectivity index (χ4n) is 2.40. The minimum absolute atomic E-state index is 0.127. The van der Waals surface area contributed by atoms with Gasteiger partial charge in [-0.25, -0.2) is 4.98 Å². The number of carbonyl (C=O) groups excluding carboxylic acids is 2. The van der Waals surface area contributed by atoms with Crippen molar-refractivity contribution in [3.05, 3.63) is 64.5 Å². The van der Waals surface area contributed by atoms with E-state index in [0.717, 1.165) is 5.56 Å². The molecule has 1 aromatic carbocycles. The lowest BCUT2D eigenvalue weighted by Gasteiger charge is -2.07. The van der Waals surface area contributed by atoms with Crippen molar-refractivity contribution in [1.82, 2.24) is 20.8 Å². The largest absolute Gasteiger partial charge is 0.505 e. The number of nitrogens with zero attached hydrogens (tertiary/aromatic N) is 2. The van der Waals surface area contributed by atoms with Crippen molar-refractivity contribution < 1.29 is 19.2 Å². The summed E-state index contributed by atoms with van der Waals surface area (Å²) >= 11 is 3.15. The molecule has 8 nitrogen and oxygen atoms in total. The van der Waals surface area contributed by atoms with E-state index in [1.165, 1.54) is 12.3 Å². The van der Waals surface area contributed by atoms with E-state index >= 15 is 0 Å². The van der Waals surface area contributed by atoms with Gasteiger partial charge in [0, 0.05) is 24.7 Å². The summed E-state index contributed by atoms with van der Waals surface area (Å²) in [7, 11) is 0. The van der Waals surface area contributed by atoms with Gasteiger partial charge in [0.05, 0.1) is 11.8 Å². The maximum Gasteiger partial charge on any atom is 0.273 e. The van der Waals surface area contributed by atoms with Gasteiger partial charge in [0.2, 0.25) is 0 Å². The summed E-state index contributed by atoms with van der Waals surface area (Å²) in [6.07, 6.45) is 1.70. The van der Waals surface area contributed by atoms with Crippen LogP contribution in [0.3, 0.4) is 0 Å². The lowest BCUT2D eigenvalue weighted by molar-refractivity contribution is 0.0944. The second kappa shape index (κ2) is 9.14. The maximum absolute atomic E-state index is 12.1. The van der Waals surface area contributed by atoms with Crippen LogP contribution < -0.4 is 10.6 Å². The molecule has 0 bridgehead atoms. The van der Waals surface area contributed by atoms with Crippen LogP contribution in [0.1, 0.15) is 27.3 Å². The molecule has 0 saturated heterocycles. The van der Waals surface area contributed by atoms with Crippen LogP contribution in [0.4, 0.5) is 0 Å². The Balaban J connectivity index is 1.43. The van der Waals surface area contributed by atoms with Crippen LogP contribution in [0.5, 0.6) is 5.75 Å². The molecule has 0 atom stereocenters. The highest BCUT2D eigenvalue weighted by atomic mass is 79.9. The highest BCUT2D eigenvalue weighted by molar-refractivity contribution is 9.10. The first-order chi connectivity index (χ1) is 13.5. The summed E-state index contributed by atoms with van der Waals surface area (Å²) < 4.78 is 5.65. The Morgan fingerprint density at radius 2 is 1.79 bits per heavy atom. The summed E-state index contributed by atoms with van der Waals surface area (Å²) in [5, 5.41) is 18.8. The molecular formula is C19H17BrN4O4. The fourth-order valence-corrected chi connectivity index (χ4v) is 2.73. The number of aromatic nitrogens is 2. The van der Waals surface area contributed by atoms with Crippen LogP contribution in [-0.2, 0) is 0 Å². The van der Waals surface area contributed by atoms with E-state index in [1.807, 2.05) is 30.3 Å². The van der Waals surface area contributed by atoms with Gasteiger partial charge < -0.3 is 20.3 Å². The van der Waals surface area contributed by atoms with Crippen LogP contribution in [0.15, 0.2) is 57.8 Å². The Bertz CT molecular complexity index is 975. The molecular weight excluding hydrogens is 428 g/mol. The van der Waals surface area contributed by atoms with Gasteiger partial charge >= 0.3 is 0 Å². The molecule has 2 amide bonds. The zero-order valence-electron chi connectivity index (χ0n) is 14.7. The van der Waals surface area contributed by atoms with Crippen LogP contribution in [0.2, 0.25) is 0 Å². The van der Waals surface area contributed by atoms with Gasteiger partial charge in [-0.05, 0) is 28.4 Å². The van der Waals surface area contributed by atoms with Crippen molar-refractivity contribution in [3.8, 4) is 17.1 Å². The fraction of sp³-hybridized carbons (Fsp3) is 0.158. The van der Waals surface area contributed by atoms with Crippen LogP contribution in [-0.4, -0.2) is 40.2 Å². The molecule has 0 fully saturated rings. The smallest absolute Gasteiger partial charge is 0.273 e. The minimum atomic E-state index is -0.420. The van der Waals surface area contributed by atoms with E-state index in [0.29, 0.717) is 29.9 Å². The summed E-state index contributed by atoms with van der Waals surface area (Å²) in [5.74, 6) is -0.459. The van der Waals surface area contributed by atoms with Gasteiger partial charge in [-0.2, -0.15) is 0 Å². The number of benzene rings is 1. The van der Waals surface area contributed by atoms with Crippen molar-refractivity contribution in [3.63, 3.8) is 0 Å². The minimum Gasteiger partial charge on any atom is -0.505 e. The number of rotatable bonds is 7. The van der Waals surface area contributed by atoms with Crippen LogP contribution in [0, 0.1) is 0 Å². The average Bonchev–Trinajstić information content (AvgIpc) is 3.20. The van der Waals surface area contributed by atoms with E-state index in [1.54, 1.807) is 6.07 Å². The number of aromatic hydroxyl groups is 1. The molecule has 0 aliphatic carbocycles. The Kier molecular flexibility index (Phi) is 6.38. The van der Waals surface area contributed by atoms with E-state index in [4.69, 9.17) is 4.52 Å². The number of carbonyl (C=O) groups is 2. The third kappa shape index (κ3) is 4.95. The number of halogens is 1. The van der Waals surface area contributed by atoms with E-state index in [9.17, 15) is 14.7 Å². The van der Waals surface area contributed by atoms with E-state index in [2.05, 4.69) is 36.7 Å². The highest BCUT2D eigenvalue weighted by Gasteiger charge is 2.14. The quantitative estimate of drug-likeness (QED) is 0.380. The standard InChI is InChI=1S/C19H17BrN4O4/c20-17-9-13(15(25)11-23-17)18(26)21-7-4-8-22-19(27)14-10-16(28-24-14)12-5-2-1-3-6-12/h1-3,5-6,9-11,25H,4,7-8H2,(H,21,26)(H,22,27). The van der Waals surface area contributed by atoms with Gasteiger partial charge in [0.1, 0.15) is 10.4 Å². The third-order valence-corrected chi connectivity index (χ3v) is 4.25. The second-order valence-electron chi connectivity index (χ2n) is 5.83. The SMILES string of the molecule is O=C(NCCCNC(=O)c1cc(Br)ncc1O)c1cc(-c2ccccc2)on1. The monoisotopic (exact) mass is 444 g/mol. The molecule has 3 aromatic rings. The number of pyridine rings is 1. The molecule has 3 rings (SSSR count). The highest BCUT2D eigenvalue weighted by Crippen LogP contribution is 2.20. The lowest BCUT2D eigenvalue weighted by Crippen LogP contribution is -2.30.